The predicted octanol–water partition coefficient (Wildman–Crippen LogP) is 3.39. The van der Waals surface area contributed by atoms with E-state index >= 15 is 0 Å². The number of para-hydroxylation sites is 2. The Morgan fingerprint density at radius 3 is 2.30 bits per heavy atom. The molecule has 0 aliphatic carbocycles. The summed E-state index contributed by atoms with van der Waals surface area (Å²) in [5.74, 6) is 1.51. The largest absolute Gasteiger partial charge is 0.493 e. The molecule has 0 aromatic heterocycles. The Hall–Kier alpha value is -2.57. The molecule has 3 rings (SSSR count). The molecule has 162 valence electrons. The van der Waals surface area contributed by atoms with Gasteiger partial charge in [0, 0.05) is 19.6 Å². The molecule has 1 N–H and O–H groups in total. The average molecular weight is 413 g/mol. The number of nitrogens with one attached hydrogen (secondary N) is 1. The first-order valence-electron chi connectivity index (χ1n) is 10.5. The van der Waals surface area contributed by atoms with Crippen LogP contribution in [0.25, 0.3) is 0 Å². The summed E-state index contributed by atoms with van der Waals surface area (Å²) in [7, 11) is 1.58. The zero-order valence-corrected chi connectivity index (χ0v) is 18.1. The second kappa shape index (κ2) is 11.0. The number of carbonyl (C=O) groups is 1. The molecule has 1 atom stereocenters. The predicted molar refractivity (Wildman–Crippen MR) is 117 cm³/mol. The van der Waals surface area contributed by atoms with Gasteiger partial charge in [-0.25, -0.2) is 0 Å². The highest BCUT2D eigenvalue weighted by atomic mass is 16.5. The topological polar surface area (TPSA) is 60.0 Å². The number of amides is 1. The highest BCUT2D eigenvalue weighted by molar-refractivity contribution is 5.77. The van der Waals surface area contributed by atoms with Crippen molar-refractivity contribution in [2.24, 2.45) is 0 Å². The lowest BCUT2D eigenvalue weighted by molar-refractivity contribution is -0.123. The van der Waals surface area contributed by atoms with E-state index in [4.69, 9.17) is 14.2 Å². The van der Waals surface area contributed by atoms with Crippen LogP contribution < -0.4 is 14.8 Å². The molecule has 6 nitrogen and oxygen atoms in total. The summed E-state index contributed by atoms with van der Waals surface area (Å²) >= 11 is 0. The number of hydrogen-bond donors (Lipinski definition) is 1. The van der Waals surface area contributed by atoms with E-state index in [9.17, 15) is 4.79 Å². The van der Waals surface area contributed by atoms with Crippen LogP contribution in [-0.2, 0) is 9.53 Å². The molecule has 1 amide bonds. The molecule has 0 bridgehead atoms. The fourth-order valence-corrected chi connectivity index (χ4v) is 3.59. The first-order chi connectivity index (χ1) is 14.6. The lowest BCUT2D eigenvalue weighted by Gasteiger charge is -2.35. The van der Waals surface area contributed by atoms with Gasteiger partial charge in [-0.05, 0) is 29.2 Å². The third-order valence-electron chi connectivity index (χ3n) is 5.39. The summed E-state index contributed by atoms with van der Waals surface area (Å²) in [4.78, 5) is 14.8. The number of nitrogens with zero attached hydrogens (tertiary/aromatic N) is 1. The number of morpholine rings is 1. The first kappa shape index (κ1) is 22.1. The molecular formula is C24H32N2O4. The maximum Gasteiger partial charge on any atom is 0.258 e. The Bertz CT molecular complexity index is 801. The number of carbonyl (C=O) groups excluding carboxylic acids is 1. The van der Waals surface area contributed by atoms with Gasteiger partial charge in [0.1, 0.15) is 0 Å². The van der Waals surface area contributed by atoms with E-state index < -0.39 is 0 Å². The van der Waals surface area contributed by atoms with Crippen molar-refractivity contribution in [3.8, 4) is 11.5 Å². The zero-order valence-electron chi connectivity index (χ0n) is 18.1. The number of hydrogen-bond acceptors (Lipinski definition) is 5. The Morgan fingerprint density at radius 2 is 1.67 bits per heavy atom. The van der Waals surface area contributed by atoms with Crippen LogP contribution in [0.4, 0.5) is 0 Å². The number of rotatable bonds is 9. The van der Waals surface area contributed by atoms with Gasteiger partial charge in [-0.3, -0.25) is 9.69 Å². The van der Waals surface area contributed by atoms with E-state index in [1.807, 2.05) is 18.2 Å². The maximum atomic E-state index is 12.5. The van der Waals surface area contributed by atoms with Crippen molar-refractivity contribution in [3.63, 3.8) is 0 Å². The lowest BCUT2D eigenvalue weighted by Crippen LogP contribution is -2.44. The Labute approximate surface area is 179 Å². The van der Waals surface area contributed by atoms with Gasteiger partial charge in [-0.2, -0.15) is 0 Å². The van der Waals surface area contributed by atoms with E-state index in [1.165, 1.54) is 11.1 Å². The molecule has 6 heteroatoms. The number of benzene rings is 2. The molecule has 1 aliphatic rings. The fraction of sp³-hybridized carbons (Fsp3) is 0.458. The van der Waals surface area contributed by atoms with E-state index in [0.29, 0.717) is 37.2 Å². The van der Waals surface area contributed by atoms with Crippen LogP contribution in [0.3, 0.4) is 0 Å². The Balaban J connectivity index is 1.62. The lowest BCUT2D eigenvalue weighted by atomic mass is 9.98. The van der Waals surface area contributed by atoms with Crippen LogP contribution in [0, 0.1) is 0 Å². The highest BCUT2D eigenvalue weighted by Crippen LogP contribution is 2.26. The first-order valence-corrected chi connectivity index (χ1v) is 10.5. The van der Waals surface area contributed by atoms with Crippen LogP contribution in [0.1, 0.15) is 36.9 Å². The van der Waals surface area contributed by atoms with Crippen molar-refractivity contribution >= 4 is 5.91 Å². The molecule has 2 aromatic rings. The third kappa shape index (κ3) is 5.97. The van der Waals surface area contributed by atoms with Crippen molar-refractivity contribution in [2.45, 2.75) is 25.8 Å². The Morgan fingerprint density at radius 1 is 1.03 bits per heavy atom. The minimum absolute atomic E-state index is 0.0531. The molecular weight excluding hydrogens is 380 g/mol. The minimum atomic E-state index is -0.155. The van der Waals surface area contributed by atoms with E-state index in [-0.39, 0.29) is 18.6 Å². The summed E-state index contributed by atoms with van der Waals surface area (Å²) < 4.78 is 16.4. The van der Waals surface area contributed by atoms with Crippen LogP contribution in [0.15, 0.2) is 48.5 Å². The number of methoxy groups -OCH3 is 1. The second-order valence-electron chi connectivity index (χ2n) is 7.73. The molecule has 1 fully saturated rings. The molecule has 0 spiro atoms. The van der Waals surface area contributed by atoms with Gasteiger partial charge in [0.25, 0.3) is 5.91 Å². The SMILES string of the molecule is COc1ccccc1OCC(=O)NCC(c1ccc(C(C)C)cc1)N1CCOCC1. The van der Waals surface area contributed by atoms with Gasteiger partial charge in [0.2, 0.25) is 0 Å². The van der Waals surface area contributed by atoms with Crippen LogP contribution in [0.5, 0.6) is 11.5 Å². The fourth-order valence-electron chi connectivity index (χ4n) is 3.59. The maximum absolute atomic E-state index is 12.5. The van der Waals surface area contributed by atoms with E-state index in [2.05, 4.69) is 48.3 Å². The minimum Gasteiger partial charge on any atom is -0.493 e. The molecule has 0 radical (unpaired) electrons. The van der Waals surface area contributed by atoms with Crippen molar-refractivity contribution in [1.29, 1.82) is 0 Å². The summed E-state index contributed by atoms with van der Waals surface area (Å²) in [6, 6.07) is 16.1. The zero-order chi connectivity index (χ0) is 21.3. The van der Waals surface area contributed by atoms with Gasteiger partial charge in [-0.15, -0.1) is 0 Å². The molecule has 1 unspecified atom stereocenters. The van der Waals surface area contributed by atoms with Gasteiger partial charge < -0.3 is 19.5 Å². The van der Waals surface area contributed by atoms with Gasteiger partial charge in [0.05, 0.1) is 26.4 Å². The molecule has 1 heterocycles. The van der Waals surface area contributed by atoms with Crippen LogP contribution in [-0.4, -0.2) is 57.4 Å². The molecule has 1 saturated heterocycles. The van der Waals surface area contributed by atoms with Crippen LogP contribution in [0.2, 0.25) is 0 Å². The summed E-state index contributed by atoms with van der Waals surface area (Å²) in [6.45, 7) is 7.98. The molecule has 1 aliphatic heterocycles. The van der Waals surface area contributed by atoms with Crippen molar-refractivity contribution in [1.82, 2.24) is 10.2 Å². The van der Waals surface area contributed by atoms with E-state index in [0.717, 1.165) is 13.1 Å². The highest BCUT2D eigenvalue weighted by Gasteiger charge is 2.23. The monoisotopic (exact) mass is 412 g/mol. The summed E-state index contributed by atoms with van der Waals surface area (Å²) in [5, 5.41) is 3.04. The standard InChI is InChI=1S/C24H32N2O4/c1-18(2)19-8-10-20(11-9-19)21(26-12-14-29-15-13-26)16-25-24(27)17-30-23-7-5-4-6-22(23)28-3/h4-11,18,21H,12-17H2,1-3H3,(H,25,27). The van der Waals surface area contributed by atoms with Crippen molar-refractivity contribution in [2.75, 3.05) is 46.6 Å². The van der Waals surface area contributed by atoms with Gasteiger partial charge >= 0.3 is 0 Å². The van der Waals surface area contributed by atoms with Crippen molar-refractivity contribution in [3.05, 3.63) is 59.7 Å². The smallest absolute Gasteiger partial charge is 0.258 e. The van der Waals surface area contributed by atoms with Gasteiger partial charge in [0.15, 0.2) is 18.1 Å². The van der Waals surface area contributed by atoms with Gasteiger partial charge in [-0.1, -0.05) is 50.2 Å². The summed E-state index contributed by atoms with van der Waals surface area (Å²) in [6.07, 6.45) is 0. The second-order valence-corrected chi connectivity index (χ2v) is 7.73. The number of ether oxygens (including phenoxy) is 3. The van der Waals surface area contributed by atoms with Crippen molar-refractivity contribution < 1.29 is 19.0 Å². The average Bonchev–Trinajstić information content (AvgIpc) is 2.79. The molecule has 30 heavy (non-hydrogen) atoms. The van der Waals surface area contributed by atoms with Crippen LogP contribution >= 0.6 is 0 Å². The Kier molecular flexibility index (Phi) is 8.11. The summed E-state index contributed by atoms with van der Waals surface area (Å²) in [5.41, 5.74) is 2.51. The van der Waals surface area contributed by atoms with E-state index in [1.54, 1.807) is 13.2 Å². The quantitative estimate of drug-likeness (QED) is 0.684. The molecule has 2 aromatic carbocycles. The third-order valence-corrected chi connectivity index (χ3v) is 5.39. The molecule has 0 saturated carbocycles. The normalized spacial score (nSPS) is 15.6.